The van der Waals surface area contributed by atoms with E-state index in [0.29, 0.717) is 30.6 Å². The van der Waals surface area contributed by atoms with Gasteiger partial charge in [0.15, 0.2) is 0 Å². The first-order valence-electron chi connectivity index (χ1n) is 9.42. The number of piperidine rings is 1. The van der Waals surface area contributed by atoms with E-state index in [4.69, 9.17) is 11.6 Å². The molecule has 0 bridgehead atoms. The molecule has 27 heavy (non-hydrogen) atoms. The van der Waals surface area contributed by atoms with E-state index >= 15 is 0 Å². The van der Waals surface area contributed by atoms with Crippen LogP contribution in [-0.4, -0.2) is 42.6 Å². The third-order valence-electron chi connectivity index (χ3n) is 6.58. The number of hydrogen-bond donors (Lipinski definition) is 1. The summed E-state index contributed by atoms with van der Waals surface area (Å²) < 4.78 is 4.67. The Kier molecular flexibility index (Phi) is 4.46. The maximum absolute atomic E-state index is 12.8. The van der Waals surface area contributed by atoms with E-state index in [1.54, 1.807) is 6.08 Å². The maximum Gasteiger partial charge on any atom is 0.407 e. The van der Waals surface area contributed by atoms with Gasteiger partial charge in [-0.15, -0.1) is 6.58 Å². The number of fused-ring (bicyclic) bond motifs is 1. The van der Waals surface area contributed by atoms with E-state index in [-0.39, 0.29) is 11.8 Å². The van der Waals surface area contributed by atoms with Crippen molar-refractivity contribution in [2.45, 2.75) is 31.2 Å². The Morgan fingerprint density at radius 2 is 2.00 bits per heavy atom. The lowest BCUT2D eigenvalue weighted by molar-refractivity contribution is -0.139. The Labute approximate surface area is 164 Å². The molecule has 0 aromatic heterocycles. The molecule has 1 aromatic carbocycles. The number of hydrogen-bond acceptors (Lipinski definition) is 3. The Morgan fingerprint density at radius 3 is 2.56 bits per heavy atom. The van der Waals surface area contributed by atoms with Gasteiger partial charge in [0.25, 0.3) is 0 Å². The lowest BCUT2D eigenvalue weighted by Gasteiger charge is -2.46. The van der Waals surface area contributed by atoms with Crippen LogP contribution in [0.2, 0.25) is 5.02 Å². The third-order valence-corrected chi connectivity index (χ3v) is 6.99. The van der Waals surface area contributed by atoms with Gasteiger partial charge in [0.2, 0.25) is 5.91 Å². The minimum Gasteiger partial charge on any atom is -0.453 e. The molecule has 3 aliphatic rings. The van der Waals surface area contributed by atoms with Crippen molar-refractivity contribution < 1.29 is 14.3 Å². The summed E-state index contributed by atoms with van der Waals surface area (Å²) in [6.45, 7) is 7.46. The Balaban J connectivity index is 1.32. The number of halogens is 1. The Morgan fingerprint density at radius 1 is 1.33 bits per heavy atom. The highest BCUT2D eigenvalue weighted by molar-refractivity contribution is 6.31. The second kappa shape index (κ2) is 6.55. The molecule has 3 fully saturated rings. The Hall–Kier alpha value is -2.01. The molecular formula is C21H25ClN2O3. The summed E-state index contributed by atoms with van der Waals surface area (Å²) in [7, 11) is 1.33. The third kappa shape index (κ3) is 3.12. The van der Waals surface area contributed by atoms with Crippen LogP contribution in [0.4, 0.5) is 4.79 Å². The molecule has 0 radical (unpaired) electrons. The van der Waals surface area contributed by atoms with Crippen molar-refractivity contribution in [3.63, 3.8) is 0 Å². The predicted molar refractivity (Wildman–Crippen MR) is 104 cm³/mol. The number of carbonyl (C=O) groups excluding carboxylic acids is 2. The average Bonchev–Trinajstić information content (AvgIpc) is 3.12. The van der Waals surface area contributed by atoms with Gasteiger partial charge in [-0.3, -0.25) is 4.79 Å². The molecule has 4 rings (SSSR count). The van der Waals surface area contributed by atoms with E-state index in [1.807, 2.05) is 11.8 Å². The van der Waals surface area contributed by atoms with E-state index in [1.165, 1.54) is 12.7 Å². The van der Waals surface area contributed by atoms with Crippen molar-refractivity contribution in [2.75, 3.05) is 20.2 Å². The summed E-state index contributed by atoms with van der Waals surface area (Å²) in [6, 6.07) is 6.32. The predicted octanol–water partition coefficient (Wildman–Crippen LogP) is 3.51. The normalized spacial score (nSPS) is 33.7. The average molecular weight is 389 g/mol. The van der Waals surface area contributed by atoms with E-state index < -0.39 is 11.6 Å². The number of carbonyl (C=O) groups is 2. The van der Waals surface area contributed by atoms with Crippen LogP contribution in [0.15, 0.2) is 30.9 Å². The number of nitrogens with zero attached hydrogens (tertiary/aromatic N) is 1. The smallest absolute Gasteiger partial charge is 0.407 e. The number of alkyl carbamates (subject to hydrolysis) is 1. The van der Waals surface area contributed by atoms with Crippen molar-refractivity contribution in [3.8, 4) is 0 Å². The first-order chi connectivity index (χ1) is 12.9. The van der Waals surface area contributed by atoms with Gasteiger partial charge in [-0.05, 0) is 54.7 Å². The highest BCUT2D eigenvalue weighted by Gasteiger charge is 2.58. The zero-order chi connectivity index (χ0) is 19.3. The number of ether oxygens (including phenoxy) is 1. The van der Waals surface area contributed by atoms with Gasteiger partial charge < -0.3 is 15.0 Å². The van der Waals surface area contributed by atoms with Gasteiger partial charge in [0, 0.05) is 24.0 Å². The molecular weight excluding hydrogens is 364 g/mol. The molecule has 1 N–H and O–H groups in total. The van der Waals surface area contributed by atoms with Crippen LogP contribution in [0, 0.1) is 24.7 Å². The fourth-order valence-corrected chi connectivity index (χ4v) is 5.03. The molecule has 2 saturated carbocycles. The summed E-state index contributed by atoms with van der Waals surface area (Å²) in [5.74, 6) is 1.77. The van der Waals surface area contributed by atoms with Gasteiger partial charge in [-0.2, -0.15) is 0 Å². The number of methoxy groups -OCH3 is 1. The molecule has 6 heteroatoms. The van der Waals surface area contributed by atoms with Gasteiger partial charge in [0.05, 0.1) is 12.6 Å². The molecule has 3 atom stereocenters. The minimum absolute atomic E-state index is 0.0510. The molecule has 1 aliphatic heterocycles. The summed E-state index contributed by atoms with van der Waals surface area (Å²) in [6.07, 6.45) is 2.41. The van der Waals surface area contributed by atoms with Gasteiger partial charge in [-0.1, -0.05) is 29.8 Å². The van der Waals surface area contributed by atoms with E-state index in [9.17, 15) is 9.59 Å². The van der Waals surface area contributed by atoms with Crippen LogP contribution < -0.4 is 5.32 Å². The molecule has 1 unspecified atom stereocenters. The van der Waals surface area contributed by atoms with Crippen molar-refractivity contribution in [1.29, 1.82) is 0 Å². The number of aryl methyl sites for hydroxylation is 1. The molecule has 0 spiro atoms. The maximum atomic E-state index is 12.8. The van der Waals surface area contributed by atoms with E-state index in [0.717, 1.165) is 23.7 Å². The number of likely N-dealkylation sites (tertiary alicyclic amines) is 1. The van der Waals surface area contributed by atoms with Crippen LogP contribution in [0.1, 0.15) is 29.9 Å². The zero-order valence-electron chi connectivity index (χ0n) is 15.7. The van der Waals surface area contributed by atoms with Crippen LogP contribution >= 0.6 is 11.6 Å². The van der Waals surface area contributed by atoms with Crippen LogP contribution in [0.25, 0.3) is 0 Å². The molecule has 1 saturated heterocycles. The number of benzene rings is 1. The van der Waals surface area contributed by atoms with Gasteiger partial charge in [0.1, 0.15) is 0 Å². The lowest BCUT2D eigenvalue weighted by Crippen LogP contribution is -2.59. The van der Waals surface area contributed by atoms with Crippen LogP contribution in [-0.2, 0) is 9.53 Å². The van der Waals surface area contributed by atoms with Crippen molar-refractivity contribution in [1.82, 2.24) is 10.2 Å². The fraction of sp³-hybridized carbons (Fsp3) is 0.524. The molecule has 5 nitrogen and oxygen atoms in total. The first-order valence-corrected chi connectivity index (χ1v) is 9.80. The first kappa shape index (κ1) is 18.4. The topological polar surface area (TPSA) is 58.6 Å². The molecule has 1 heterocycles. The standard InChI is InChI=1S/C21H25ClN2O3/c1-4-21(23-20(26)27-3)8-14(9-21)19(25)24-10-15-16(11-24)18(15)13-6-5-12(2)17(22)7-13/h4-7,14-16,18H,1,8-11H2,2-3H3,(H,23,26)/t14?,15-,16+,18?,21?. The summed E-state index contributed by atoms with van der Waals surface area (Å²) in [4.78, 5) is 26.3. The molecule has 2 aliphatic carbocycles. The fourth-order valence-electron chi connectivity index (χ4n) is 4.84. The highest BCUT2D eigenvalue weighted by atomic mass is 35.5. The molecule has 2 amide bonds. The van der Waals surface area contributed by atoms with Crippen molar-refractivity contribution in [2.24, 2.45) is 17.8 Å². The van der Waals surface area contributed by atoms with Crippen molar-refractivity contribution in [3.05, 3.63) is 47.0 Å². The number of rotatable bonds is 4. The van der Waals surface area contributed by atoms with Gasteiger partial charge >= 0.3 is 6.09 Å². The second-order valence-corrected chi connectivity index (χ2v) is 8.59. The van der Waals surface area contributed by atoms with Crippen LogP contribution in [0.5, 0.6) is 0 Å². The number of nitrogens with one attached hydrogen (secondary N) is 1. The van der Waals surface area contributed by atoms with Gasteiger partial charge in [-0.25, -0.2) is 4.79 Å². The summed E-state index contributed by atoms with van der Waals surface area (Å²) in [5, 5.41) is 3.62. The summed E-state index contributed by atoms with van der Waals surface area (Å²) >= 11 is 6.26. The quantitative estimate of drug-likeness (QED) is 0.803. The SMILES string of the molecule is C=CC1(NC(=O)OC)CC(C(=O)N2C[C@@H]3C(c4ccc(C)c(Cl)c4)[C@@H]3C2)C1. The Bertz CT molecular complexity index is 791. The van der Waals surface area contributed by atoms with Crippen molar-refractivity contribution >= 4 is 23.6 Å². The number of amides is 2. The monoisotopic (exact) mass is 388 g/mol. The summed E-state index contributed by atoms with van der Waals surface area (Å²) in [5.41, 5.74) is 1.88. The second-order valence-electron chi connectivity index (χ2n) is 8.19. The van der Waals surface area contributed by atoms with E-state index in [2.05, 4.69) is 34.8 Å². The molecule has 1 aromatic rings. The zero-order valence-corrected chi connectivity index (χ0v) is 16.5. The largest absolute Gasteiger partial charge is 0.453 e. The molecule has 144 valence electrons. The lowest BCUT2D eigenvalue weighted by atomic mass is 9.67. The van der Waals surface area contributed by atoms with Crippen LogP contribution in [0.3, 0.4) is 0 Å². The minimum atomic E-state index is -0.517. The highest BCUT2D eigenvalue weighted by Crippen LogP contribution is 2.59.